The molecule has 136 valence electrons. The Labute approximate surface area is 160 Å². The van der Waals surface area contributed by atoms with E-state index in [9.17, 15) is 9.59 Å². The molecule has 2 aromatic carbocycles. The Morgan fingerprint density at radius 1 is 1.23 bits per heavy atom. The van der Waals surface area contributed by atoms with Crippen molar-refractivity contribution in [1.29, 1.82) is 0 Å². The van der Waals surface area contributed by atoms with Crippen LogP contribution in [0.15, 0.2) is 42.5 Å². The molecular formula is C18H16Cl2N2O4. The molecule has 0 spiro atoms. The SMILES string of the molecule is CNC(=O)[C@@H]1CN(C(=O)COc2ccc(Cl)c(Cl)c2)c2ccccc2O1. The van der Waals surface area contributed by atoms with Gasteiger partial charge in [-0.25, -0.2) is 0 Å². The van der Waals surface area contributed by atoms with Crippen molar-refractivity contribution in [3.63, 3.8) is 0 Å². The fourth-order valence-electron chi connectivity index (χ4n) is 2.56. The average molecular weight is 395 g/mol. The molecule has 1 aliphatic rings. The Morgan fingerprint density at radius 2 is 2.00 bits per heavy atom. The molecule has 0 unspecified atom stereocenters. The zero-order chi connectivity index (χ0) is 18.7. The highest BCUT2D eigenvalue weighted by molar-refractivity contribution is 6.42. The third-order valence-electron chi connectivity index (χ3n) is 3.87. The second-order valence-electron chi connectivity index (χ2n) is 5.56. The molecule has 0 saturated heterocycles. The molecule has 0 fully saturated rings. The smallest absolute Gasteiger partial charge is 0.265 e. The largest absolute Gasteiger partial charge is 0.484 e. The molecule has 8 heteroatoms. The fraction of sp³-hybridized carbons (Fsp3) is 0.222. The maximum atomic E-state index is 12.7. The van der Waals surface area contributed by atoms with Crippen molar-refractivity contribution in [3.8, 4) is 11.5 Å². The van der Waals surface area contributed by atoms with Crippen LogP contribution in [-0.2, 0) is 9.59 Å². The summed E-state index contributed by atoms with van der Waals surface area (Å²) in [4.78, 5) is 26.1. The molecule has 3 rings (SSSR count). The van der Waals surface area contributed by atoms with Crippen LogP contribution in [0, 0.1) is 0 Å². The summed E-state index contributed by atoms with van der Waals surface area (Å²) in [5.74, 6) is 0.288. The lowest BCUT2D eigenvalue weighted by molar-refractivity contribution is -0.128. The Hall–Kier alpha value is -2.44. The number of rotatable bonds is 4. The number of likely N-dealkylation sites (N-methyl/N-ethyl adjacent to an activating group) is 1. The molecule has 26 heavy (non-hydrogen) atoms. The summed E-state index contributed by atoms with van der Waals surface area (Å²) in [5, 5.41) is 3.28. The van der Waals surface area contributed by atoms with E-state index in [1.807, 2.05) is 0 Å². The summed E-state index contributed by atoms with van der Waals surface area (Å²) in [7, 11) is 1.52. The number of halogens is 2. The number of ether oxygens (including phenoxy) is 2. The molecule has 2 amide bonds. The Bertz CT molecular complexity index is 844. The van der Waals surface area contributed by atoms with E-state index in [1.165, 1.54) is 18.0 Å². The molecule has 0 aliphatic carbocycles. The number of fused-ring (bicyclic) bond motifs is 1. The number of nitrogens with one attached hydrogen (secondary N) is 1. The molecule has 2 aromatic rings. The zero-order valence-corrected chi connectivity index (χ0v) is 15.4. The minimum Gasteiger partial charge on any atom is -0.484 e. The number of nitrogens with zero attached hydrogens (tertiary/aromatic N) is 1. The molecule has 1 aliphatic heterocycles. The van der Waals surface area contributed by atoms with Gasteiger partial charge in [-0.05, 0) is 24.3 Å². The van der Waals surface area contributed by atoms with Gasteiger partial charge in [0, 0.05) is 13.1 Å². The summed E-state index contributed by atoms with van der Waals surface area (Å²) >= 11 is 11.8. The van der Waals surface area contributed by atoms with E-state index in [2.05, 4.69) is 5.32 Å². The van der Waals surface area contributed by atoms with Gasteiger partial charge in [0.05, 0.1) is 22.3 Å². The molecule has 1 heterocycles. The molecule has 1 N–H and O–H groups in total. The fourth-order valence-corrected chi connectivity index (χ4v) is 2.85. The van der Waals surface area contributed by atoms with Gasteiger partial charge in [-0.3, -0.25) is 9.59 Å². The third-order valence-corrected chi connectivity index (χ3v) is 4.61. The Morgan fingerprint density at radius 3 is 2.73 bits per heavy atom. The molecular weight excluding hydrogens is 379 g/mol. The van der Waals surface area contributed by atoms with E-state index in [0.717, 1.165) is 0 Å². The standard InChI is InChI=1S/C18H16Cl2N2O4/c1-21-18(24)16-9-22(14-4-2-3-5-15(14)26-16)17(23)10-25-11-6-7-12(19)13(20)8-11/h2-8,16H,9-10H2,1H3,(H,21,24)/t16-/m0/s1. The van der Waals surface area contributed by atoms with Crippen molar-refractivity contribution in [1.82, 2.24) is 5.32 Å². The van der Waals surface area contributed by atoms with Gasteiger partial charge in [0.15, 0.2) is 12.7 Å². The van der Waals surface area contributed by atoms with Crippen molar-refractivity contribution < 1.29 is 19.1 Å². The first kappa shape index (κ1) is 18.4. The van der Waals surface area contributed by atoms with Gasteiger partial charge in [-0.1, -0.05) is 35.3 Å². The normalized spacial score (nSPS) is 15.7. The predicted molar refractivity (Wildman–Crippen MR) is 99.2 cm³/mol. The summed E-state index contributed by atoms with van der Waals surface area (Å²) in [6.07, 6.45) is -0.788. The zero-order valence-electron chi connectivity index (χ0n) is 13.9. The summed E-state index contributed by atoms with van der Waals surface area (Å²) < 4.78 is 11.2. The minimum atomic E-state index is -0.788. The summed E-state index contributed by atoms with van der Waals surface area (Å²) in [5.41, 5.74) is 0.593. The second-order valence-corrected chi connectivity index (χ2v) is 6.37. The molecule has 0 saturated carbocycles. The van der Waals surface area contributed by atoms with Crippen LogP contribution in [0.25, 0.3) is 0 Å². The first-order chi connectivity index (χ1) is 12.5. The summed E-state index contributed by atoms with van der Waals surface area (Å²) in [6.45, 7) is -0.118. The lowest BCUT2D eigenvalue weighted by Crippen LogP contribution is -2.51. The van der Waals surface area contributed by atoms with Crippen LogP contribution < -0.4 is 19.7 Å². The van der Waals surface area contributed by atoms with Crippen LogP contribution in [0.4, 0.5) is 5.69 Å². The molecule has 0 radical (unpaired) electrons. The summed E-state index contributed by atoms with van der Waals surface area (Å²) in [6, 6.07) is 11.8. The van der Waals surface area contributed by atoms with E-state index in [0.29, 0.717) is 27.2 Å². The van der Waals surface area contributed by atoms with Gasteiger partial charge in [-0.15, -0.1) is 0 Å². The number of hydrogen-bond acceptors (Lipinski definition) is 4. The number of para-hydroxylation sites is 2. The molecule has 0 bridgehead atoms. The van der Waals surface area contributed by atoms with Crippen LogP contribution in [0.2, 0.25) is 10.0 Å². The first-order valence-electron chi connectivity index (χ1n) is 7.85. The second kappa shape index (κ2) is 7.85. The lowest BCUT2D eigenvalue weighted by Gasteiger charge is -2.33. The van der Waals surface area contributed by atoms with Crippen molar-refractivity contribution >= 4 is 40.7 Å². The number of benzene rings is 2. The number of carbonyl (C=O) groups is 2. The number of amides is 2. The number of carbonyl (C=O) groups excluding carboxylic acids is 2. The van der Waals surface area contributed by atoms with Crippen molar-refractivity contribution in [2.45, 2.75) is 6.10 Å². The highest BCUT2D eigenvalue weighted by Crippen LogP contribution is 2.33. The van der Waals surface area contributed by atoms with Gasteiger partial charge < -0.3 is 19.7 Å². The number of anilines is 1. The topological polar surface area (TPSA) is 67.9 Å². The van der Waals surface area contributed by atoms with Crippen LogP contribution in [0.5, 0.6) is 11.5 Å². The van der Waals surface area contributed by atoms with Crippen LogP contribution in [0.1, 0.15) is 0 Å². The van der Waals surface area contributed by atoms with Gasteiger partial charge in [0.25, 0.3) is 11.8 Å². The van der Waals surface area contributed by atoms with Crippen LogP contribution in [0.3, 0.4) is 0 Å². The van der Waals surface area contributed by atoms with Gasteiger partial charge in [-0.2, -0.15) is 0 Å². The van der Waals surface area contributed by atoms with Gasteiger partial charge >= 0.3 is 0 Å². The number of hydrogen-bond donors (Lipinski definition) is 1. The van der Waals surface area contributed by atoms with Crippen LogP contribution in [-0.4, -0.2) is 38.1 Å². The Kier molecular flexibility index (Phi) is 5.54. The van der Waals surface area contributed by atoms with E-state index < -0.39 is 6.10 Å². The maximum absolute atomic E-state index is 12.7. The van der Waals surface area contributed by atoms with Crippen molar-refractivity contribution in [2.75, 3.05) is 25.1 Å². The highest BCUT2D eigenvalue weighted by Gasteiger charge is 2.33. The minimum absolute atomic E-state index is 0.0975. The lowest BCUT2D eigenvalue weighted by atomic mass is 10.1. The van der Waals surface area contributed by atoms with Gasteiger partial charge in [0.2, 0.25) is 0 Å². The molecule has 6 nitrogen and oxygen atoms in total. The van der Waals surface area contributed by atoms with E-state index in [1.54, 1.807) is 36.4 Å². The van der Waals surface area contributed by atoms with Crippen LogP contribution >= 0.6 is 23.2 Å². The highest BCUT2D eigenvalue weighted by atomic mass is 35.5. The van der Waals surface area contributed by atoms with Crippen molar-refractivity contribution in [2.24, 2.45) is 0 Å². The average Bonchev–Trinajstić information content (AvgIpc) is 2.67. The van der Waals surface area contributed by atoms with E-state index in [-0.39, 0.29) is 25.0 Å². The molecule has 0 aromatic heterocycles. The predicted octanol–water partition coefficient (Wildman–Crippen LogP) is 2.91. The Balaban J connectivity index is 1.76. The molecule has 1 atom stereocenters. The monoisotopic (exact) mass is 394 g/mol. The maximum Gasteiger partial charge on any atom is 0.265 e. The van der Waals surface area contributed by atoms with E-state index in [4.69, 9.17) is 32.7 Å². The van der Waals surface area contributed by atoms with Gasteiger partial charge in [0.1, 0.15) is 11.5 Å². The third kappa shape index (κ3) is 3.86. The quantitative estimate of drug-likeness (QED) is 0.865. The van der Waals surface area contributed by atoms with E-state index >= 15 is 0 Å². The van der Waals surface area contributed by atoms with Crippen molar-refractivity contribution in [3.05, 3.63) is 52.5 Å². The first-order valence-corrected chi connectivity index (χ1v) is 8.60.